The molecule has 0 aromatic heterocycles. The van der Waals surface area contributed by atoms with Crippen LogP contribution in [0.1, 0.15) is 12.5 Å². The maximum Gasteiger partial charge on any atom is 0.227 e. The van der Waals surface area contributed by atoms with Crippen LogP contribution in [0.15, 0.2) is 30.3 Å². The van der Waals surface area contributed by atoms with E-state index in [1.165, 1.54) is 5.56 Å². The third-order valence-electron chi connectivity index (χ3n) is 4.08. The molecule has 2 aliphatic rings. The Morgan fingerprint density at radius 2 is 2.11 bits per heavy atom. The molecule has 4 nitrogen and oxygen atoms in total. The number of hydrogen-bond donors (Lipinski definition) is 2. The SMILES string of the molecule is CC1(O)NC(=O)[C@H]2CN(Cc3ccccc3)C[C@H]21. The lowest BCUT2D eigenvalue weighted by Crippen LogP contribution is -2.45. The van der Waals surface area contributed by atoms with E-state index < -0.39 is 5.72 Å². The first kappa shape index (κ1) is 11.7. The van der Waals surface area contributed by atoms with Gasteiger partial charge in [0.1, 0.15) is 5.72 Å². The van der Waals surface area contributed by atoms with Gasteiger partial charge in [0.05, 0.1) is 5.92 Å². The molecule has 1 aromatic rings. The number of carbonyl (C=O) groups is 1. The van der Waals surface area contributed by atoms with E-state index in [0.717, 1.165) is 19.6 Å². The van der Waals surface area contributed by atoms with E-state index in [1.807, 2.05) is 18.2 Å². The smallest absolute Gasteiger partial charge is 0.227 e. The summed E-state index contributed by atoms with van der Waals surface area (Å²) in [6.07, 6.45) is 0. The second-order valence-corrected chi connectivity index (χ2v) is 5.53. The van der Waals surface area contributed by atoms with Crippen LogP contribution in [0, 0.1) is 11.8 Å². The molecule has 1 unspecified atom stereocenters. The number of carbonyl (C=O) groups excluding carboxylic acids is 1. The van der Waals surface area contributed by atoms with Crippen molar-refractivity contribution in [1.29, 1.82) is 0 Å². The van der Waals surface area contributed by atoms with Gasteiger partial charge in [-0.1, -0.05) is 30.3 Å². The quantitative estimate of drug-likeness (QED) is 0.802. The van der Waals surface area contributed by atoms with Gasteiger partial charge in [-0.25, -0.2) is 0 Å². The maximum absolute atomic E-state index is 11.8. The van der Waals surface area contributed by atoms with Crippen LogP contribution < -0.4 is 5.32 Å². The van der Waals surface area contributed by atoms with Gasteiger partial charge in [0, 0.05) is 25.6 Å². The molecule has 0 radical (unpaired) electrons. The van der Waals surface area contributed by atoms with Crippen LogP contribution in [-0.4, -0.2) is 34.7 Å². The lowest BCUT2D eigenvalue weighted by Gasteiger charge is -2.25. The molecule has 1 amide bonds. The molecule has 0 saturated carbocycles. The Morgan fingerprint density at radius 3 is 2.78 bits per heavy atom. The normalized spacial score (nSPS) is 35.6. The average molecular weight is 246 g/mol. The minimum atomic E-state index is -1.05. The summed E-state index contributed by atoms with van der Waals surface area (Å²) < 4.78 is 0. The Morgan fingerprint density at radius 1 is 1.39 bits per heavy atom. The number of amides is 1. The van der Waals surface area contributed by atoms with Crippen molar-refractivity contribution >= 4 is 5.91 Å². The van der Waals surface area contributed by atoms with E-state index in [0.29, 0.717) is 0 Å². The van der Waals surface area contributed by atoms with Gasteiger partial charge in [-0.15, -0.1) is 0 Å². The van der Waals surface area contributed by atoms with Gasteiger partial charge in [0.2, 0.25) is 5.91 Å². The molecule has 2 saturated heterocycles. The number of hydrogen-bond acceptors (Lipinski definition) is 3. The van der Waals surface area contributed by atoms with Crippen molar-refractivity contribution in [2.24, 2.45) is 11.8 Å². The van der Waals surface area contributed by atoms with Crippen LogP contribution in [0.3, 0.4) is 0 Å². The number of aliphatic hydroxyl groups is 1. The Hall–Kier alpha value is -1.39. The predicted molar refractivity (Wildman–Crippen MR) is 67.5 cm³/mol. The summed E-state index contributed by atoms with van der Waals surface area (Å²) in [4.78, 5) is 14.0. The standard InChI is InChI=1S/C14H18N2O2/c1-14(18)12-9-16(8-11(12)13(17)15-14)7-10-5-3-2-4-6-10/h2-6,11-12,18H,7-9H2,1H3,(H,15,17)/t11-,12+,14?/m0/s1. The highest BCUT2D eigenvalue weighted by Gasteiger charge is 2.53. The minimum Gasteiger partial charge on any atom is -0.371 e. The summed E-state index contributed by atoms with van der Waals surface area (Å²) in [6, 6.07) is 10.2. The summed E-state index contributed by atoms with van der Waals surface area (Å²) in [5, 5.41) is 12.8. The topological polar surface area (TPSA) is 52.6 Å². The van der Waals surface area contributed by atoms with Gasteiger partial charge in [0.25, 0.3) is 0 Å². The molecule has 2 N–H and O–H groups in total. The Balaban J connectivity index is 1.71. The lowest BCUT2D eigenvalue weighted by molar-refractivity contribution is -0.124. The zero-order valence-corrected chi connectivity index (χ0v) is 10.5. The van der Waals surface area contributed by atoms with Crippen molar-refractivity contribution in [3.63, 3.8) is 0 Å². The molecule has 2 fully saturated rings. The molecule has 3 atom stereocenters. The molecule has 0 aliphatic carbocycles. The monoisotopic (exact) mass is 246 g/mol. The summed E-state index contributed by atoms with van der Waals surface area (Å²) in [6.45, 7) is 4.05. The van der Waals surface area contributed by atoms with Gasteiger partial charge in [-0.2, -0.15) is 0 Å². The van der Waals surface area contributed by atoms with Crippen molar-refractivity contribution in [3.8, 4) is 0 Å². The number of benzene rings is 1. The van der Waals surface area contributed by atoms with Crippen molar-refractivity contribution < 1.29 is 9.90 Å². The molecule has 1 aromatic carbocycles. The van der Waals surface area contributed by atoms with E-state index in [1.54, 1.807) is 6.92 Å². The van der Waals surface area contributed by atoms with Crippen molar-refractivity contribution in [3.05, 3.63) is 35.9 Å². The Bertz CT molecular complexity index is 458. The molecule has 18 heavy (non-hydrogen) atoms. The lowest BCUT2D eigenvalue weighted by atomic mass is 9.92. The largest absolute Gasteiger partial charge is 0.371 e. The zero-order valence-electron chi connectivity index (χ0n) is 10.5. The van der Waals surface area contributed by atoms with Crippen LogP contribution in [0.5, 0.6) is 0 Å². The fourth-order valence-corrected chi connectivity index (χ4v) is 3.13. The summed E-state index contributed by atoms with van der Waals surface area (Å²) in [7, 11) is 0. The maximum atomic E-state index is 11.8. The molecule has 0 bridgehead atoms. The fourth-order valence-electron chi connectivity index (χ4n) is 3.13. The first-order valence-electron chi connectivity index (χ1n) is 6.37. The van der Waals surface area contributed by atoms with Crippen molar-refractivity contribution in [2.45, 2.75) is 19.2 Å². The van der Waals surface area contributed by atoms with Crippen molar-refractivity contribution in [1.82, 2.24) is 10.2 Å². The van der Waals surface area contributed by atoms with Crippen LogP contribution in [0.4, 0.5) is 0 Å². The second kappa shape index (κ2) is 4.07. The number of likely N-dealkylation sites (tertiary alicyclic amines) is 1. The van der Waals surface area contributed by atoms with Crippen LogP contribution in [0.25, 0.3) is 0 Å². The second-order valence-electron chi connectivity index (χ2n) is 5.53. The van der Waals surface area contributed by atoms with E-state index in [-0.39, 0.29) is 17.7 Å². The van der Waals surface area contributed by atoms with Gasteiger partial charge in [0.15, 0.2) is 0 Å². The van der Waals surface area contributed by atoms with Crippen LogP contribution >= 0.6 is 0 Å². The minimum absolute atomic E-state index is 0.00807. The number of nitrogens with one attached hydrogen (secondary N) is 1. The number of fused-ring (bicyclic) bond motifs is 1. The molecule has 96 valence electrons. The van der Waals surface area contributed by atoms with E-state index in [4.69, 9.17) is 0 Å². The predicted octanol–water partition coefficient (Wildman–Crippen LogP) is 0.573. The first-order chi connectivity index (χ1) is 8.56. The first-order valence-corrected chi connectivity index (χ1v) is 6.37. The molecule has 4 heteroatoms. The van der Waals surface area contributed by atoms with E-state index >= 15 is 0 Å². The van der Waals surface area contributed by atoms with Crippen LogP contribution in [-0.2, 0) is 11.3 Å². The molecule has 3 rings (SSSR count). The third kappa shape index (κ3) is 1.91. The van der Waals surface area contributed by atoms with Gasteiger partial charge >= 0.3 is 0 Å². The third-order valence-corrected chi connectivity index (χ3v) is 4.08. The average Bonchev–Trinajstić information content (AvgIpc) is 2.82. The van der Waals surface area contributed by atoms with Gasteiger partial charge < -0.3 is 10.4 Å². The molecular formula is C14H18N2O2. The number of rotatable bonds is 2. The summed E-state index contributed by atoms with van der Waals surface area (Å²) in [5.74, 6) is -0.0713. The molecule has 0 spiro atoms. The molecular weight excluding hydrogens is 228 g/mol. The van der Waals surface area contributed by atoms with Gasteiger partial charge in [-0.05, 0) is 12.5 Å². The zero-order chi connectivity index (χ0) is 12.8. The highest BCUT2D eigenvalue weighted by atomic mass is 16.3. The van der Waals surface area contributed by atoms with Crippen molar-refractivity contribution in [2.75, 3.05) is 13.1 Å². The highest BCUT2D eigenvalue weighted by molar-refractivity contribution is 5.83. The number of nitrogens with zero attached hydrogens (tertiary/aromatic N) is 1. The Labute approximate surface area is 107 Å². The summed E-state index contributed by atoms with van der Waals surface area (Å²) >= 11 is 0. The van der Waals surface area contributed by atoms with Crippen LogP contribution in [0.2, 0.25) is 0 Å². The Kier molecular flexibility index (Phi) is 2.64. The molecule has 2 aliphatic heterocycles. The fraction of sp³-hybridized carbons (Fsp3) is 0.500. The highest BCUT2D eigenvalue weighted by Crippen LogP contribution is 2.37. The van der Waals surface area contributed by atoms with E-state index in [2.05, 4.69) is 22.3 Å². The summed E-state index contributed by atoms with van der Waals surface area (Å²) in [5.41, 5.74) is 0.199. The molecule has 2 heterocycles. The van der Waals surface area contributed by atoms with E-state index in [9.17, 15) is 9.90 Å². The van der Waals surface area contributed by atoms with Gasteiger partial charge in [-0.3, -0.25) is 9.69 Å².